The van der Waals surface area contributed by atoms with Gasteiger partial charge in [0.25, 0.3) is 0 Å². The van der Waals surface area contributed by atoms with Gasteiger partial charge in [0.15, 0.2) is 6.10 Å². The van der Waals surface area contributed by atoms with Gasteiger partial charge in [0.1, 0.15) is 11.6 Å². The number of allylic oxidation sites excluding steroid dienone is 1. The van der Waals surface area contributed by atoms with Gasteiger partial charge in [-0.15, -0.1) is 0 Å². The lowest BCUT2D eigenvalue weighted by Gasteiger charge is -2.16. The molecule has 1 atom stereocenters. The molecule has 0 saturated carbocycles. The van der Waals surface area contributed by atoms with Crippen LogP contribution in [-0.2, 0) is 11.8 Å². The summed E-state index contributed by atoms with van der Waals surface area (Å²) in [6.45, 7) is 1.91. The highest BCUT2D eigenvalue weighted by atomic mass is 16.5. The van der Waals surface area contributed by atoms with Gasteiger partial charge in [0.05, 0.1) is 12.1 Å². The fourth-order valence-corrected chi connectivity index (χ4v) is 1.86. The van der Waals surface area contributed by atoms with Crippen LogP contribution in [0.2, 0.25) is 0 Å². The van der Waals surface area contributed by atoms with Crippen LogP contribution < -0.4 is 0 Å². The molecule has 0 saturated heterocycles. The summed E-state index contributed by atoms with van der Waals surface area (Å²) in [5.74, 6) is 1.37. The summed E-state index contributed by atoms with van der Waals surface area (Å²) in [5.41, 5.74) is 0.880. The summed E-state index contributed by atoms with van der Waals surface area (Å²) in [7, 11) is 1.92. The molecular formula is C15H15N3O. The third kappa shape index (κ3) is 3.02. The Hall–Kier alpha value is -2.54. The Morgan fingerprint density at radius 3 is 2.74 bits per heavy atom. The van der Waals surface area contributed by atoms with Gasteiger partial charge in [-0.25, -0.2) is 4.98 Å². The molecule has 0 fully saturated rings. The van der Waals surface area contributed by atoms with Crippen molar-refractivity contribution in [1.82, 2.24) is 9.55 Å². The Morgan fingerprint density at radius 1 is 1.42 bits per heavy atom. The van der Waals surface area contributed by atoms with Crippen LogP contribution in [0.3, 0.4) is 0 Å². The van der Waals surface area contributed by atoms with Gasteiger partial charge in [0.2, 0.25) is 0 Å². The molecule has 1 heterocycles. The van der Waals surface area contributed by atoms with Gasteiger partial charge in [-0.3, -0.25) is 0 Å². The molecule has 4 heteroatoms. The molecule has 0 aliphatic carbocycles. The number of rotatable bonds is 4. The third-order valence-corrected chi connectivity index (χ3v) is 2.78. The Balaban J connectivity index is 2.22. The summed E-state index contributed by atoms with van der Waals surface area (Å²) < 4.78 is 7.76. The zero-order valence-corrected chi connectivity index (χ0v) is 10.9. The monoisotopic (exact) mass is 253 g/mol. The van der Waals surface area contributed by atoms with E-state index in [4.69, 9.17) is 10.00 Å². The highest BCUT2D eigenvalue weighted by Gasteiger charge is 2.14. The van der Waals surface area contributed by atoms with Crippen molar-refractivity contribution in [2.24, 2.45) is 7.05 Å². The average Bonchev–Trinajstić information content (AvgIpc) is 2.85. The van der Waals surface area contributed by atoms with Crippen LogP contribution in [0.4, 0.5) is 0 Å². The van der Waals surface area contributed by atoms with Crippen molar-refractivity contribution in [3.05, 3.63) is 60.2 Å². The molecule has 0 aliphatic heterocycles. The molecule has 96 valence electrons. The Bertz CT molecular complexity index is 608. The van der Waals surface area contributed by atoms with Crippen LogP contribution in [0.25, 0.3) is 5.76 Å². The predicted octanol–water partition coefficient (Wildman–Crippen LogP) is 3.06. The smallest absolute Gasteiger partial charge is 0.153 e. The fourth-order valence-electron chi connectivity index (χ4n) is 1.86. The number of aryl methyl sites for hydroxylation is 1. The van der Waals surface area contributed by atoms with E-state index in [1.807, 2.05) is 61.1 Å². The molecule has 1 aromatic heterocycles. The Labute approximate surface area is 112 Å². The predicted molar refractivity (Wildman–Crippen MR) is 72.7 cm³/mol. The summed E-state index contributed by atoms with van der Waals surface area (Å²) in [5, 5.41) is 8.87. The van der Waals surface area contributed by atoms with Crippen molar-refractivity contribution in [2.45, 2.75) is 13.0 Å². The number of nitrogens with zero attached hydrogens (tertiary/aromatic N) is 3. The second-order valence-electron chi connectivity index (χ2n) is 4.16. The van der Waals surface area contributed by atoms with Gasteiger partial charge in [0, 0.05) is 25.0 Å². The standard InChI is InChI=1S/C15H15N3O/c1-12(15-17-10-11-18(15)2)19-14(8-9-16)13-6-4-3-5-7-13/h3-8,10-12H,1-2H3/b14-8-. The van der Waals surface area contributed by atoms with Crippen LogP contribution in [0.5, 0.6) is 0 Å². The van der Waals surface area contributed by atoms with E-state index in [0.29, 0.717) is 5.76 Å². The number of benzene rings is 1. The first kappa shape index (κ1) is 12.9. The summed E-state index contributed by atoms with van der Waals surface area (Å²) in [6, 6.07) is 11.6. The number of hydrogen-bond acceptors (Lipinski definition) is 3. The lowest BCUT2D eigenvalue weighted by Crippen LogP contribution is -2.06. The highest BCUT2D eigenvalue weighted by molar-refractivity contribution is 5.62. The van der Waals surface area contributed by atoms with Crippen molar-refractivity contribution in [2.75, 3.05) is 0 Å². The SMILES string of the molecule is CC(O/C(=C\C#N)c1ccccc1)c1nccn1C. The van der Waals surface area contributed by atoms with Crippen molar-refractivity contribution in [3.8, 4) is 6.07 Å². The summed E-state index contributed by atoms with van der Waals surface area (Å²) in [4.78, 5) is 4.25. The zero-order chi connectivity index (χ0) is 13.7. The maximum Gasteiger partial charge on any atom is 0.153 e. The van der Waals surface area contributed by atoms with E-state index < -0.39 is 0 Å². The quantitative estimate of drug-likeness (QED) is 0.621. The van der Waals surface area contributed by atoms with Gasteiger partial charge < -0.3 is 9.30 Å². The van der Waals surface area contributed by atoms with E-state index in [-0.39, 0.29) is 6.10 Å². The maximum absolute atomic E-state index is 8.87. The minimum Gasteiger partial charge on any atom is -0.481 e. The molecule has 0 amide bonds. The first-order chi connectivity index (χ1) is 9.22. The van der Waals surface area contributed by atoms with E-state index >= 15 is 0 Å². The van der Waals surface area contributed by atoms with E-state index in [1.165, 1.54) is 6.08 Å². The maximum atomic E-state index is 8.87. The molecule has 2 aromatic rings. The van der Waals surface area contributed by atoms with Crippen molar-refractivity contribution in [3.63, 3.8) is 0 Å². The first-order valence-electron chi connectivity index (χ1n) is 6.01. The molecule has 0 spiro atoms. The second kappa shape index (κ2) is 5.87. The number of nitriles is 1. The van der Waals surface area contributed by atoms with Gasteiger partial charge in [-0.2, -0.15) is 5.26 Å². The largest absolute Gasteiger partial charge is 0.481 e. The van der Waals surface area contributed by atoms with Crippen molar-refractivity contribution in [1.29, 1.82) is 5.26 Å². The van der Waals surface area contributed by atoms with E-state index in [9.17, 15) is 0 Å². The first-order valence-corrected chi connectivity index (χ1v) is 6.01. The molecule has 0 N–H and O–H groups in total. The van der Waals surface area contributed by atoms with Crippen LogP contribution in [-0.4, -0.2) is 9.55 Å². The second-order valence-corrected chi connectivity index (χ2v) is 4.16. The third-order valence-electron chi connectivity index (χ3n) is 2.78. The minimum atomic E-state index is -0.222. The van der Waals surface area contributed by atoms with Gasteiger partial charge >= 0.3 is 0 Å². The minimum absolute atomic E-state index is 0.222. The molecule has 19 heavy (non-hydrogen) atoms. The summed E-state index contributed by atoms with van der Waals surface area (Å²) in [6.07, 6.45) is 4.78. The van der Waals surface area contributed by atoms with Crippen LogP contribution >= 0.6 is 0 Å². The molecule has 0 bridgehead atoms. The normalized spacial score (nSPS) is 12.8. The molecular weight excluding hydrogens is 238 g/mol. The topological polar surface area (TPSA) is 50.8 Å². The molecule has 1 unspecified atom stereocenters. The molecule has 0 aliphatic rings. The molecule has 4 nitrogen and oxygen atoms in total. The Kier molecular flexibility index (Phi) is 3.99. The lowest BCUT2D eigenvalue weighted by molar-refractivity contribution is 0.176. The Morgan fingerprint density at radius 2 is 2.16 bits per heavy atom. The van der Waals surface area contributed by atoms with Crippen molar-refractivity contribution >= 4 is 5.76 Å². The molecule has 1 aromatic carbocycles. The number of imidazole rings is 1. The van der Waals surface area contributed by atoms with Gasteiger partial charge in [-0.1, -0.05) is 30.3 Å². The molecule has 0 radical (unpaired) electrons. The highest BCUT2D eigenvalue weighted by Crippen LogP contribution is 2.24. The van der Waals surface area contributed by atoms with Gasteiger partial charge in [-0.05, 0) is 6.92 Å². The number of ether oxygens (including phenoxy) is 1. The van der Waals surface area contributed by atoms with Crippen molar-refractivity contribution < 1.29 is 4.74 Å². The van der Waals surface area contributed by atoms with E-state index in [2.05, 4.69) is 4.98 Å². The average molecular weight is 253 g/mol. The summed E-state index contributed by atoms with van der Waals surface area (Å²) >= 11 is 0. The fraction of sp³-hybridized carbons (Fsp3) is 0.200. The van der Waals surface area contributed by atoms with Crippen LogP contribution in [0.15, 0.2) is 48.8 Å². The zero-order valence-electron chi connectivity index (χ0n) is 10.9. The molecule has 2 rings (SSSR count). The lowest BCUT2D eigenvalue weighted by atomic mass is 10.2. The number of hydrogen-bond donors (Lipinski definition) is 0. The van der Waals surface area contributed by atoms with Crippen LogP contribution in [0, 0.1) is 11.3 Å². The van der Waals surface area contributed by atoms with E-state index in [1.54, 1.807) is 6.20 Å². The van der Waals surface area contributed by atoms with Crippen LogP contribution in [0.1, 0.15) is 24.4 Å². The van der Waals surface area contributed by atoms with E-state index in [0.717, 1.165) is 11.4 Å². The number of aromatic nitrogens is 2.